The van der Waals surface area contributed by atoms with E-state index in [1.54, 1.807) is 20.8 Å². The molecule has 0 bridgehead atoms. The van der Waals surface area contributed by atoms with Crippen LogP contribution in [0.4, 0.5) is 4.79 Å². The first kappa shape index (κ1) is 12.2. The van der Waals surface area contributed by atoms with Crippen LogP contribution in [0.3, 0.4) is 0 Å². The molecule has 0 aromatic carbocycles. The lowest BCUT2D eigenvalue weighted by molar-refractivity contribution is -0.135. The number of rotatable bonds is 1. The summed E-state index contributed by atoms with van der Waals surface area (Å²) in [7, 11) is 0. The molecule has 0 aliphatic carbocycles. The van der Waals surface area contributed by atoms with Gasteiger partial charge in [0.15, 0.2) is 0 Å². The molecule has 1 fully saturated rings. The number of ether oxygens (including phenoxy) is 1. The highest BCUT2D eigenvalue weighted by Gasteiger charge is 2.33. The van der Waals surface area contributed by atoms with Gasteiger partial charge in [-0.05, 0) is 20.8 Å². The van der Waals surface area contributed by atoms with Crippen molar-refractivity contribution in [3.05, 3.63) is 0 Å². The highest BCUT2D eigenvalue weighted by atomic mass is 16.8. The van der Waals surface area contributed by atoms with Gasteiger partial charge in [0.2, 0.25) is 0 Å². The first-order valence-corrected chi connectivity index (χ1v) is 4.80. The zero-order chi connectivity index (χ0) is 11.6. The van der Waals surface area contributed by atoms with E-state index in [1.807, 2.05) is 0 Å². The van der Waals surface area contributed by atoms with Gasteiger partial charge in [-0.3, -0.25) is 0 Å². The molecular formula is C9H17NO5. The van der Waals surface area contributed by atoms with E-state index in [9.17, 15) is 15.0 Å². The average Bonchev–Trinajstić information content (AvgIpc) is 2.26. The van der Waals surface area contributed by atoms with E-state index in [0.29, 0.717) is 0 Å². The van der Waals surface area contributed by atoms with Crippen molar-refractivity contribution in [2.75, 3.05) is 13.1 Å². The van der Waals surface area contributed by atoms with Crippen molar-refractivity contribution in [1.29, 1.82) is 0 Å². The Morgan fingerprint density at radius 2 is 1.73 bits per heavy atom. The molecule has 0 unspecified atom stereocenters. The van der Waals surface area contributed by atoms with Crippen LogP contribution in [0.1, 0.15) is 20.8 Å². The number of hydroxylamine groups is 2. The molecule has 6 heteroatoms. The molecule has 1 heterocycles. The number of carbonyl (C=O) groups is 1. The summed E-state index contributed by atoms with van der Waals surface area (Å²) in [6.07, 6.45) is -2.59. The summed E-state index contributed by atoms with van der Waals surface area (Å²) in [6, 6.07) is 0. The van der Waals surface area contributed by atoms with Gasteiger partial charge in [0, 0.05) is 0 Å². The van der Waals surface area contributed by atoms with Gasteiger partial charge in [-0.2, -0.15) is 0 Å². The van der Waals surface area contributed by atoms with Crippen molar-refractivity contribution in [3.63, 3.8) is 0 Å². The van der Waals surface area contributed by atoms with Crippen molar-refractivity contribution >= 4 is 6.16 Å². The van der Waals surface area contributed by atoms with Crippen molar-refractivity contribution in [3.8, 4) is 0 Å². The van der Waals surface area contributed by atoms with Crippen LogP contribution in [0.25, 0.3) is 0 Å². The molecule has 1 rings (SSSR count). The predicted molar refractivity (Wildman–Crippen MR) is 50.9 cm³/mol. The largest absolute Gasteiger partial charge is 0.528 e. The van der Waals surface area contributed by atoms with E-state index in [-0.39, 0.29) is 13.1 Å². The lowest BCUT2D eigenvalue weighted by atomic mass is 10.2. The van der Waals surface area contributed by atoms with Gasteiger partial charge >= 0.3 is 6.16 Å². The molecule has 88 valence electrons. The number of aliphatic hydroxyl groups excluding tert-OH is 2. The van der Waals surface area contributed by atoms with Crippen molar-refractivity contribution < 1.29 is 24.6 Å². The Morgan fingerprint density at radius 3 is 2.13 bits per heavy atom. The topological polar surface area (TPSA) is 79.2 Å². The van der Waals surface area contributed by atoms with E-state index in [0.717, 1.165) is 0 Å². The average molecular weight is 219 g/mol. The Morgan fingerprint density at radius 1 is 1.27 bits per heavy atom. The Bertz CT molecular complexity index is 227. The van der Waals surface area contributed by atoms with Crippen LogP contribution >= 0.6 is 0 Å². The molecule has 0 aromatic heterocycles. The van der Waals surface area contributed by atoms with E-state index in [2.05, 4.69) is 0 Å². The second-order valence-electron chi connectivity index (χ2n) is 4.54. The summed E-state index contributed by atoms with van der Waals surface area (Å²) in [5.74, 6) is 0. The van der Waals surface area contributed by atoms with Crippen LogP contribution in [0, 0.1) is 0 Å². The van der Waals surface area contributed by atoms with Crippen molar-refractivity contribution in [2.24, 2.45) is 0 Å². The van der Waals surface area contributed by atoms with Crippen molar-refractivity contribution in [1.82, 2.24) is 5.06 Å². The molecule has 0 aromatic rings. The second kappa shape index (κ2) is 4.34. The fourth-order valence-corrected chi connectivity index (χ4v) is 1.18. The number of hydrogen-bond acceptors (Lipinski definition) is 6. The minimum Gasteiger partial charge on any atom is -0.427 e. The Labute approximate surface area is 88.3 Å². The summed E-state index contributed by atoms with van der Waals surface area (Å²) in [5, 5.41) is 19.6. The van der Waals surface area contributed by atoms with Gasteiger partial charge in [0.1, 0.15) is 5.60 Å². The van der Waals surface area contributed by atoms with Gasteiger partial charge in [-0.15, -0.1) is 5.06 Å². The maximum atomic E-state index is 11.2. The number of hydrogen-bond donors (Lipinski definition) is 2. The maximum Gasteiger partial charge on any atom is 0.528 e. The van der Waals surface area contributed by atoms with Gasteiger partial charge in [0.25, 0.3) is 0 Å². The first-order valence-electron chi connectivity index (χ1n) is 4.80. The molecular weight excluding hydrogens is 202 g/mol. The maximum absolute atomic E-state index is 11.2. The summed E-state index contributed by atoms with van der Waals surface area (Å²) in [6.45, 7) is 5.37. The highest BCUT2D eigenvalue weighted by Crippen LogP contribution is 2.13. The van der Waals surface area contributed by atoms with Crippen molar-refractivity contribution in [2.45, 2.75) is 38.6 Å². The van der Waals surface area contributed by atoms with Gasteiger partial charge in [-0.1, -0.05) is 0 Å². The smallest absolute Gasteiger partial charge is 0.427 e. The zero-order valence-electron chi connectivity index (χ0n) is 9.14. The fourth-order valence-electron chi connectivity index (χ4n) is 1.18. The molecule has 0 saturated carbocycles. The van der Waals surface area contributed by atoms with Crippen LogP contribution in [0.15, 0.2) is 0 Å². The zero-order valence-corrected chi connectivity index (χ0v) is 9.14. The molecule has 15 heavy (non-hydrogen) atoms. The summed E-state index contributed by atoms with van der Waals surface area (Å²) >= 11 is 0. The fraction of sp³-hybridized carbons (Fsp3) is 0.889. The highest BCUT2D eigenvalue weighted by molar-refractivity contribution is 5.60. The van der Waals surface area contributed by atoms with E-state index < -0.39 is 24.0 Å². The Kier molecular flexibility index (Phi) is 3.54. The summed E-state index contributed by atoms with van der Waals surface area (Å²) in [4.78, 5) is 16.0. The van der Waals surface area contributed by atoms with Crippen LogP contribution in [0.2, 0.25) is 0 Å². The van der Waals surface area contributed by atoms with E-state index >= 15 is 0 Å². The van der Waals surface area contributed by atoms with Crippen LogP contribution < -0.4 is 0 Å². The van der Waals surface area contributed by atoms with Crippen LogP contribution in [-0.2, 0) is 9.57 Å². The molecule has 1 aliphatic rings. The molecule has 0 radical (unpaired) electrons. The molecule has 6 nitrogen and oxygen atoms in total. The van der Waals surface area contributed by atoms with E-state index in [1.165, 1.54) is 5.06 Å². The number of β-amino-alcohol motifs (C(OH)–C–C–N with tert-alkyl or cyclic N) is 2. The van der Waals surface area contributed by atoms with E-state index in [4.69, 9.17) is 9.57 Å². The first-order chi connectivity index (χ1) is 6.78. The lowest BCUT2D eigenvalue weighted by Crippen LogP contribution is -2.31. The summed E-state index contributed by atoms with van der Waals surface area (Å²) < 4.78 is 4.90. The Balaban J connectivity index is 2.34. The third kappa shape index (κ3) is 4.03. The second-order valence-corrected chi connectivity index (χ2v) is 4.54. The minimum absolute atomic E-state index is 0.0976. The molecule has 1 saturated heterocycles. The molecule has 0 amide bonds. The third-order valence-electron chi connectivity index (χ3n) is 1.82. The van der Waals surface area contributed by atoms with Crippen LogP contribution in [-0.4, -0.2) is 52.3 Å². The molecule has 2 N–H and O–H groups in total. The lowest BCUT2D eigenvalue weighted by Gasteiger charge is -2.21. The quantitative estimate of drug-likeness (QED) is 0.599. The third-order valence-corrected chi connectivity index (χ3v) is 1.82. The molecule has 1 aliphatic heterocycles. The number of nitrogens with zero attached hydrogens (tertiary/aromatic N) is 1. The molecule has 2 atom stereocenters. The van der Waals surface area contributed by atoms with Gasteiger partial charge in [-0.25, -0.2) is 4.79 Å². The SMILES string of the molecule is CC(C)(C)OC(=O)ON1C[C@@H](O)[C@H](O)C1. The Hall–Kier alpha value is -0.850. The molecule has 0 spiro atoms. The minimum atomic E-state index is -0.882. The number of aliphatic hydroxyl groups is 2. The van der Waals surface area contributed by atoms with Gasteiger partial charge in [0.05, 0.1) is 25.3 Å². The monoisotopic (exact) mass is 219 g/mol. The standard InChI is InChI=1S/C9H17NO5/c1-9(2,3)14-8(13)15-10-4-6(11)7(12)5-10/h6-7,11-12H,4-5H2,1-3H3/t6-,7-/m1/s1. The van der Waals surface area contributed by atoms with Crippen LogP contribution in [0.5, 0.6) is 0 Å². The summed E-state index contributed by atoms with van der Waals surface area (Å²) in [5.41, 5.74) is -0.617. The number of carbonyl (C=O) groups excluding carboxylic acids is 1. The normalized spacial score (nSPS) is 27.8. The predicted octanol–water partition coefficient (Wildman–Crippen LogP) is -0.109. The van der Waals surface area contributed by atoms with Gasteiger partial charge < -0.3 is 19.8 Å².